The van der Waals surface area contributed by atoms with Gasteiger partial charge >= 0.3 is 0 Å². The van der Waals surface area contributed by atoms with E-state index in [1.165, 1.54) is 20.2 Å². The summed E-state index contributed by atoms with van der Waals surface area (Å²) in [4.78, 5) is 12.3. The van der Waals surface area contributed by atoms with Crippen molar-refractivity contribution in [2.45, 2.75) is 18.7 Å². The van der Waals surface area contributed by atoms with Gasteiger partial charge in [0.1, 0.15) is 5.75 Å². The van der Waals surface area contributed by atoms with Crippen LogP contribution >= 0.6 is 11.6 Å². The number of halogens is 1. The van der Waals surface area contributed by atoms with Crippen molar-refractivity contribution >= 4 is 33.2 Å². The van der Waals surface area contributed by atoms with Crippen LogP contribution in [0.15, 0.2) is 41.3 Å². The first kappa shape index (κ1) is 20.2. The van der Waals surface area contributed by atoms with Gasteiger partial charge in [-0.3, -0.25) is 4.79 Å². The predicted molar refractivity (Wildman–Crippen MR) is 102 cm³/mol. The molecule has 0 spiro atoms. The minimum absolute atomic E-state index is 0.125. The number of aryl methyl sites for hydroxylation is 1. The Morgan fingerprint density at radius 3 is 2.35 bits per heavy atom. The van der Waals surface area contributed by atoms with Crippen molar-refractivity contribution in [2.75, 3.05) is 26.0 Å². The quantitative estimate of drug-likeness (QED) is 0.813. The normalized spacial score (nSPS) is 11.5. The van der Waals surface area contributed by atoms with Crippen LogP contribution in [-0.4, -0.2) is 39.3 Å². The van der Waals surface area contributed by atoms with E-state index in [1.54, 1.807) is 37.3 Å². The first-order chi connectivity index (χ1) is 12.1. The summed E-state index contributed by atoms with van der Waals surface area (Å²) in [6.07, 6.45) is 0. The molecule has 2 rings (SSSR count). The van der Waals surface area contributed by atoms with Crippen LogP contribution in [0, 0.1) is 13.8 Å². The van der Waals surface area contributed by atoms with Gasteiger partial charge in [0.25, 0.3) is 5.91 Å². The minimum atomic E-state index is -3.60. The van der Waals surface area contributed by atoms with Crippen LogP contribution in [0.25, 0.3) is 0 Å². The number of anilines is 1. The van der Waals surface area contributed by atoms with Gasteiger partial charge in [0.2, 0.25) is 10.0 Å². The summed E-state index contributed by atoms with van der Waals surface area (Å²) in [5.74, 6) is 0.128. The molecule has 0 unspecified atom stereocenters. The zero-order valence-corrected chi connectivity index (χ0v) is 16.6. The predicted octanol–water partition coefficient (Wildman–Crippen LogP) is 3.22. The molecule has 2 aromatic carbocycles. The maximum atomic E-state index is 12.3. The Morgan fingerprint density at radius 2 is 1.77 bits per heavy atom. The highest BCUT2D eigenvalue weighted by molar-refractivity contribution is 7.89. The smallest absolute Gasteiger partial charge is 0.262 e. The standard InChI is InChI=1S/C18H21ClN2O4S/c1-12-9-16(26(23,24)21(3)4)10-17(13(12)2)20-18(22)11-25-15-7-5-14(19)6-8-15/h5-10H,11H2,1-4H3,(H,20,22). The third-order valence-electron chi connectivity index (χ3n) is 3.88. The zero-order chi connectivity index (χ0) is 19.5. The minimum Gasteiger partial charge on any atom is -0.484 e. The number of sulfonamides is 1. The first-order valence-corrected chi connectivity index (χ1v) is 9.65. The molecule has 140 valence electrons. The van der Waals surface area contributed by atoms with Gasteiger partial charge in [-0.25, -0.2) is 12.7 Å². The lowest BCUT2D eigenvalue weighted by Crippen LogP contribution is -2.24. The second kappa shape index (κ2) is 8.07. The van der Waals surface area contributed by atoms with Gasteiger partial charge in [-0.15, -0.1) is 0 Å². The number of ether oxygens (including phenoxy) is 1. The van der Waals surface area contributed by atoms with Gasteiger partial charge in [0.05, 0.1) is 4.90 Å². The molecule has 2 aromatic rings. The van der Waals surface area contributed by atoms with Crippen LogP contribution in [-0.2, 0) is 14.8 Å². The molecule has 1 N–H and O–H groups in total. The molecule has 0 fully saturated rings. The first-order valence-electron chi connectivity index (χ1n) is 7.83. The third-order valence-corrected chi connectivity index (χ3v) is 5.92. The summed E-state index contributed by atoms with van der Waals surface area (Å²) in [6, 6.07) is 9.70. The van der Waals surface area contributed by atoms with Crippen LogP contribution < -0.4 is 10.1 Å². The molecule has 0 aliphatic carbocycles. The zero-order valence-electron chi connectivity index (χ0n) is 15.0. The number of nitrogens with zero attached hydrogens (tertiary/aromatic N) is 1. The molecule has 0 aromatic heterocycles. The molecule has 0 saturated heterocycles. The van der Waals surface area contributed by atoms with E-state index in [0.29, 0.717) is 16.5 Å². The van der Waals surface area contributed by atoms with Crippen LogP contribution in [0.1, 0.15) is 11.1 Å². The number of hydrogen-bond donors (Lipinski definition) is 1. The third kappa shape index (κ3) is 4.75. The summed E-state index contributed by atoms with van der Waals surface area (Å²) < 4.78 is 31.2. The molecule has 0 aliphatic rings. The fraction of sp³-hybridized carbons (Fsp3) is 0.278. The molecule has 0 atom stereocenters. The average molecular weight is 397 g/mol. The molecule has 26 heavy (non-hydrogen) atoms. The van der Waals surface area contributed by atoms with Crippen molar-refractivity contribution < 1.29 is 17.9 Å². The monoisotopic (exact) mass is 396 g/mol. The Hall–Kier alpha value is -2.09. The fourth-order valence-corrected chi connectivity index (χ4v) is 3.32. The van der Waals surface area contributed by atoms with E-state index in [4.69, 9.17) is 16.3 Å². The molecule has 0 bridgehead atoms. The lowest BCUT2D eigenvalue weighted by atomic mass is 10.1. The fourth-order valence-electron chi connectivity index (χ4n) is 2.18. The van der Waals surface area contributed by atoms with Crippen LogP contribution in [0.3, 0.4) is 0 Å². The molecule has 1 amide bonds. The van der Waals surface area contributed by atoms with Crippen LogP contribution in [0.4, 0.5) is 5.69 Å². The molecule has 0 saturated carbocycles. The van der Waals surface area contributed by atoms with E-state index in [-0.39, 0.29) is 17.4 Å². The highest BCUT2D eigenvalue weighted by atomic mass is 35.5. The van der Waals surface area contributed by atoms with E-state index in [0.717, 1.165) is 15.4 Å². The Bertz CT molecular complexity index is 910. The molecular weight excluding hydrogens is 376 g/mol. The van der Waals surface area contributed by atoms with Gasteiger partial charge in [-0.05, 0) is 61.4 Å². The second-order valence-corrected chi connectivity index (χ2v) is 8.58. The number of rotatable bonds is 6. The maximum Gasteiger partial charge on any atom is 0.262 e. The number of hydrogen-bond acceptors (Lipinski definition) is 4. The lowest BCUT2D eigenvalue weighted by molar-refractivity contribution is -0.118. The highest BCUT2D eigenvalue weighted by Crippen LogP contribution is 2.25. The molecule has 6 nitrogen and oxygen atoms in total. The van der Waals surface area contributed by atoms with E-state index in [1.807, 2.05) is 6.92 Å². The van der Waals surface area contributed by atoms with E-state index in [9.17, 15) is 13.2 Å². The average Bonchev–Trinajstić information content (AvgIpc) is 2.58. The summed E-state index contributed by atoms with van der Waals surface area (Å²) in [5, 5.41) is 3.29. The van der Waals surface area contributed by atoms with Crippen LogP contribution in [0.2, 0.25) is 5.02 Å². The SMILES string of the molecule is Cc1cc(S(=O)(=O)N(C)C)cc(NC(=O)COc2ccc(Cl)cc2)c1C. The Balaban J connectivity index is 2.16. The van der Waals surface area contributed by atoms with Gasteiger partial charge in [-0.1, -0.05) is 11.6 Å². The van der Waals surface area contributed by atoms with Crippen molar-refractivity contribution in [3.63, 3.8) is 0 Å². The number of amides is 1. The summed E-state index contributed by atoms with van der Waals surface area (Å²) >= 11 is 5.80. The Labute approximate surface area is 158 Å². The molecule has 0 aliphatic heterocycles. The van der Waals surface area contributed by atoms with Crippen molar-refractivity contribution in [3.05, 3.63) is 52.5 Å². The van der Waals surface area contributed by atoms with Gasteiger partial charge in [0, 0.05) is 24.8 Å². The number of nitrogens with one attached hydrogen (secondary N) is 1. The number of carbonyl (C=O) groups is 1. The second-order valence-electron chi connectivity index (χ2n) is 5.99. The Morgan fingerprint density at radius 1 is 1.15 bits per heavy atom. The van der Waals surface area contributed by atoms with E-state index < -0.39 is 10.0 Å². The van der Waals surface area contributed by atoms with Crippen LogP contribution in [0.5, 0.6) is 5.75 Å². The number of benzene rings is 2. The van der Waals surface area contributed by atoms with Crippen molar-refractivity contribution in [1.82, 2.24) is 4.31 Å². The summed E-state index contributed by atoms with van der Waals surface area (Å²) in [5.41, 5.74) is 2.00. The van der Waals surface area contributed by atoms with Gasteiger partial charge in [-0.2, -0.15) is 0 Å². The molecule has 0 heterocycles. The largest absolute Gasteiger partial charge is 0.484 e. The van der Waals surface area contributed by atoms with E-state index in [2.05, 4.69) is 5.32 Å². The summed E-state index contributed by atoms with van der Waals surface area (Å²) in [6.45, 7) is 3.41. The van der Waals surface area contributed by atoms with Gasteiger partial charge < -0.3 is 10.1 Å². The van der Waals surface area contributed by atoms with Crippen molar-refractivity contribution in [3.8, 4) is 5.75 Å². The van der Waals surface area contributed by atoms with Crippen molar-refractivity contribution in [2.24, 2.45) is 0 Å². The molecule has 8 heteroatoms. The summed E-state index contributed by atoms with van der Waals surface area (Å²) in [7, 11) is -0.673. The van der Waals surface area contributed by atoms with E-state index >= 15 is 0 Å². The molecule has 0 radical (unpaired) electrons. The highest BCUT2D eigenvalue weighted by Gasteiger charge is 2.20. The number of carbonyl (C=O) groups excluding carboxylic acids is 1. The Kier molecular flexibility index (Phi) is 6.28. The van der Waals surface area contributed by atoms with Gasteiger partial charge in [0.15, 0.2) is 6.61 Å². The lowest BCUT2D eigenvalue weighted by Gasteiger charge is -2.16. The molecular formula is C18H21ClN2O4S. The maximum absolute atomic E-state index is 12.3. The topological polar surface area (TPSA) is 75.7 Å². The van der Waals surface area contributed by atoms with Crippen molar-refractivity contribution in [1.29, 1.82) is 0 Å².